The summed E-state index contributed by atoms with van der Waals surface area (Å²) < 4.78 is 160. The first-order valence-electron chi connectivity index (χ1n) is 9.70. The Kier molecular flexibility index (Phi) is 7.32. The molecule has 1 aromatic heterocycles. The molecule has 0 aliphatic rings. The van der Waals surface area contributed by atoms with E-state index in [1.165, 1.54) is 0 Å². The normalized spacial score (nSPS) is 12.8. The lowest BCUT2D eigenvalue weighted by molar-refractivity contribution is -0.144. The Morgan fingerprint density at radius 2 is 0.769 bits per heavy atom. The fraction of sp³-hybridized carbons (Fsp3) is 0.200. The van der Waals surface area contributed by atoms with Crippen LogP contribution in [-0.2, 0) is 24.7 Å². The fourth-order valence-corrected chi connectivity index (χ4v) is 2.88. The van der Waals surface area contributed by atoms with Crippen molar-refractivity contribution in [3.63, 3.8) is 0 Å². The zero-order valence-electron chi connectivity index (χ0n) is 18.1. The van der Waals surface area contributed by atoms with Gasteiger partial charge in [-0.15, -0.1) is 0 Å². The van der Waals surface area contributed by atoms with Gasteiger partial charge in [0, 0.05) is 11.1 Å². The van der Waals surface area contributed by atoms with Crippen molar-refractivity contribution in [3.8, 4) is 0 Å². The number of amides is 2. The molecule has 0 saturated carbocycles. The molecule has 3 aromatic rings. The standard InChI is InChI=1S/C20H8F12N4O3/c21-17(22,23)9-1-7(2-10(5-9)18(24,25)26)15(37)33-13-14(36-39-35-13)34-16(38)8-3-11(19(27,28)29)6-12(4-8)20(30,31)32/h1-6H,(H,33,35,37)(H,34,36,38). The molecule has 0 radical (unpaired) electrons. The Morgan fingerprint density at radius 3 is 1.00 bits per heavy atom. The van der Waals surface area contributed by atoms with Crippen LogP contribution in [0.1, 0.15) is 43.0 Å². The SMILES string of the molecule is O=C(Nc1nonc1NC(=O)c1cc(C(F)(F)F)cc(C(F)(F)F)c1)c1cc(C(F)(F)F)cc(C(F)(F)F)c1. The number of aromatic nitrogens is 2. The van der Waals surface area contributed by atoms with Gasteiger partial charge in [0.25, 0.3) is 11.8 Å². The Morgan fingerprint density at radius 1 is 0.513 bits per heavy atom. The lowest BCUT2D eigenvalue weighted by atomic mass is 10.0. The molecule has 210 valence electrons. The van der Waals surface area contributed by atoms with E-state index in [1.807, 2.05) is 0 Å². The van der Waals surface area contributed by atoms with Crippen molar-refractivity contribution in [2.45, 2.75) is 24.7 Å². The molecule has 0 spiro atoms. The lowest BCUT2D eigenvalue weighted by Gasteiger charge is -2.14. The fourth-order valence-electron chi connectivity index (χ4n) is 2.88. The van der Waals surface area contributed by atoms with Crippen LogP contribution in [0.25, 0.3) is 0 Å². The van der Waals surface area contributed by atoms with Gasteiger partial charge in [-0.1, -0.05) is 0 Å². The molecular weight excluding hydrogens is 572 g/mol. The van der Waals surface area contributed by atoms with Gasteiger partial charge in [-0.25, -0.2) is 4.63 Å². The van der Waals surface area contributed by atoms with E-state index in [9.17, 15) is 62.3 Å². The largest absolute Gasteiger partial charge is 0.416 e. The van der Waals surface area contributed by atoms with Crippen LogP contribution in [0.4, 0.5) is 64.3 Å². The van der Waals surface area contributed by atoms with Crippen LogP contribution < -0.4 is 10.6 Å². The number of nitrogens with one attached hydrogen (secondary N) is 2. The maximum Gasteiger partial charge on any atom is 0.416 e. The third-order valence-electron chi connectivity index (χ3n) is 4.65. The van der Waals surface area contributed by atoms with Crippen molar-refractivity contribution in [2.75, 3.05) is 10.6 Å². The third kappa shape index (κ3) is 6.96. The molecular formula is C20H8F12N4O3. The zero-order valence-corrected chi connectivity index (χ0v) is 18.1. The lowest BCUT2D eigenvalue weighted by Crippen LogP contribution is -2.20. The molecule has 0 bridgehead atoms. The number of alkyl halides is 12. The van der Waals surface area contributed by atoms with Crippen molar-refractivity contribution in [3.05, 3.63) is 69.8 Å². The van der Waals surface area contributed by atoms with Crippen molar-refractivity contribution in [1.82, 2.24) is 10.3 Å². The molecule has 19 heteroatoms. The Hall–Kier alpha value is -4.32. The van der Waals surface area contributed by atoms with Crippen molar-refractivity contribution in [1.29, 1.82) is 0 Å². The first-order valence-corrected chi connectivity index (χ1v) is 9.70. The zero-order chi connectivity index (χ0) is 29.6. The number of benzene rings is 2. The number of hydrogen-bond acceptors (Lipinski definition) is 5. The van der Waals surface area contributed by atoms with E-state index < -0.39 is 81.5 Å². The highest BCUT2D eigenvalue weighted by atomic mass is 19.4. The molecule has 2 amide bonds. The molecule has 0 fully saturated rings. The van der Waals surface area contributed by atoms with Crippen LogP contribution in [-0.4, -0.2) is 22.1 Å². The number of anilines is 2. The summed E-state index contributed by atoms with van der Waals surface area (Å²) in [6.07, 6.45) is -21.2. The highest BCUT2D eigenvalue weighted by Gasteiger charge is 2.39. The predicted molar refractivity (Wildman–Crippen MR) is 103 cm³/mol. The average Bonchev–Trinajstić information content (AvgIpc) is 3.22. The molecule has 0 unspecified atom stereocenters. The molecule has 39 heavy (non-hydrogen) atoms. The highest BCUT2D eigenvalue weighted by molar-refractivity contribution is 6.08. The minimum absolute atomic E-state index is 0.0532. The molecule has 3 rings (SSSR count). The molecule has 2 aromatic carbocycles. The number of hydrogen-bond donors (Lipinski definition) is 2. The summed E-state index contributed by atoms with van der Waals surface area (Å²) in [5.74, 6) is -5.22. The average molecular weight is 580 g/mol. The minimum Gasteiger partial charge on any atom is -0.300 e. The molecule has 1 heterocycles. The minimum atomic E-state index is -5.30. The van der Waals surface area contributed by atoms with Gasteiger partial charge in [-0.2, -0.15) is 52.7 Å². The van der Waals surface area contributed by atoms with Crippen molar-refractivity contribution >= 4 is 23.5 Å². The van der Waals surface area contributed by atoms with Crippen LogP contribution >= 0.6 is 0 Å². The van der Waals surface area contributed by atoms with E-state index in [0.29, 0.717) is 0 Å². The number of carbonyl (C=O) groups is 2. The van der Waals surface area contributed by atoms with Gasteiger partial charge in [-0.3, -0.25) is 9.59 Å². The van der Waals surface area contributed by atoms with Gasteiger partial charge in [0.2, 0.25) is 11.6 Å². The van der Waals surface area contributed by atoms with E-state index in [4.69, 9.17) is 0 Å². The van der Waals surface area contributed by atoms with E-state index in [0.717, 1.165) is 0 Å². The van der Waals surface area contributed by atoms with E-state index in [2.05, 4.69) is 14.9 Å². The van der Waals surface area contributed by atoms with Crippen LogP contribution in [0.3, 0.4) is 0 Å². The summed E-state index contributed by atoms with van der Waals surface area (Å²) in [7, 11) is 0. The number of nitrogens with zero attached hydrogens (tertiary/aromatic N) is 2. The van der Waals surface area contributed by atoms with E-state index in [-0.39, 0.29) is 36.4 Å². The molecule has 2 N–H and O–H groups in total. The summed E-state index contributed by atoms with van der Waals surface area (Å²) in [5.41, 5.74) is -9.77. The van der Waals surface area contributed by atoms with Gasteiger partial charge < -0.3 is 10.6 Å². The second-order valence-electron chi connectivity index (χ2n) is 7.46. The summed E-state index contributed by atoms with van der Waals surface area (Å²) >= 11 is 0. The van der Waals surface area contributed by atoms with Crippen LogP contribution in [0.5, 0.6) is 0 Å². The first kappa shape index (κ1) is 29.2. The van der Waals surface area contributed by atoms with Crippen LogP contribution in [0, 0.1) is 0 Å². The smallest absolute Gasteiger partial charge is 0.300 e. The highest BCUT2D eigenvalue weighted by Crippen LogP contribution is 2.38. The van der Waals surface area contributed by atoms with E-state index >= 15 is 0 Å². The second-order valence-corrected chi connectivity index (χ2v) is 7.46. The van der Waals surface area contributed by atoms with Crippen LogP contribution in [0.15, 0.2) is 41.0 Å². The van der Waals surface area contributed by atoms with Crippen LogP contribution in [0.2, 0.25) is 0 Å². The second kappa shape index (κ2) is 9.77. The Labute approximate surface area is 206 Å². The van der Waals surface area contributed by atoms with Gasteiger partial charge >= 0.3 is 24.7 Å². The summed E-state index contributed by atoms with van der Waals surface area (Å²) in [6, 6.07) is -0.306. The monoisotopic (exact) mass is 580 g/mol. The quantitative estimate of drug-likeness (QED) is 0.337. The molecule has 0 atom stereocenters. The molecule has 0 aliphatic heterocycles. The van der Waals surface area contributed by atoms with Gasteiger partial charge in [0.05, 0.1) is 22.3 Å². The first-order chi connectivity index (χ1) is 17.7. The van der Waals surface area contributed by atoms with Gasteiger partial charge in [0.1, 0.15) is 0 Å². The van der Waals surface area contributed by atoms with E-state index in [1.54, 1.807) is 10.6 Å². The number of carbonyl (C=O) groups excluding carboxylic acids is 2. The molecule has 0 saturated heterocycles. The number of halogens is 12. The van der Waals surface area contributed by atoms with Gasteiger partial charge in [0.15, 0.2) is 0 Å². The maximum atomic E-state index is 13.0. The maximum absolute atomic E-state index is 13.0. The molecule has 0 aliphatic carbocycles. The van der Waals surface area contributed by atoms with Gasteiger partial charge in [-0.05, 0) is 46.7 Å². The van der Waals surface area contributed by atoms with Crippen molar-refractivity contribution < 1.29 is 66.9 Å². The van der Waals surface area contributed by atoms with Crippen molar-refractivity contribution in [2.24, 2.45) is 0 Å². The summed E-state index contributed by atoms with van der Waals surface area (Å²) in [6.45, 7) is 0. The summed E-state index contributed by atoms with van der Waals surface area (Å²) in [4.78, 5) is 24.7. The molecule has 7 nitrogen and oxygen atoms in total. The third-order valence-corrected chi connectivity index (χ3v) is 4.65. The Balaban J connectivity index is 1.92. The number of rotatable bonds is 4. The Bertz CT molecular complexity index is 1240. The summed E-state index contributed by atoms with van der Waals surface area (Å²) in [5, 5.41) is 9.45. The predicted octanol–water partition coefficient (Wildman–Crippen LogP) is 6.65. The topological polar surface area (TPSA) is 97.1 Å².